The van der Waals surface area contributed by atoms with E-state index in [1.807, 2.05) is 32.9 Å². The van der Waals surface area contributed by atoms with Crippen molar-refractivity contribution in [1.29, 1.82) is 0 Å². The Balaban J connectivity index is 1.31. The van der Waals surface area contributed by atoms with Crippen LogP contribution in [0.5, 0.6) is 5.75 Å². The van der Waals surface area contributed by atoms with E-state index in [2.05, 4.69) is 21.6 Å². The standard InChI is InChI=1S/C24H35N3O3/c1-24(2,3)26-21(28)15-27-18-9-10-19(27)13-16(12-18)14-25-23(29)20-8-4-6-17-7-5-11-30-22(17)20/h4,6,8,16,18-19H,5,7,9-15H2,1-3H3,(H,25,29)(H,26,28)/t16-,18-,19+. The molecule has 3 atom stereocenters. The summed E-state index contributed by atoms with van der Waals surface area (Å²) in [6.45, 7) is 7.91. The van der Waals surface area contributed by atoms with Gasteiger partial charge in [0.1, 0.15) is 5.75 Å². The summed E-state index contributed by atoms with van der Waals surface area (Å²) in [7, 11) is 0. The Morgan fingerprint density at radius 3 is 2.60 bits per heavy atom. The number of rotatable bonds is 5. The van der Waals surface area contributed by atoms with E-state index in [1.54, 1.807) is 0 Å². The molecule has 0 aliphatic carbocycles. The molecule has 0 aromatic heterocycles. The van der Waals surface area contributed by atoms with Crippen molar-refractivity contribution in [2.75, 3.05) is 19.7 Å². The van der Waals surface area contributed by atoms with Crippen molar-refractivity contribution in [1.82, 2.24) is 15.5 Å². The van der Waals surface area contributed by atoms with E-state index in [4.69, 9.17) is 4.74 Å². The number of benzene rings is 1. The maximum Gasteiger partial charge on any atom is 0.255 e. The molecule has 2 amide bonds. The molecular weight excluding hydrogens is 378 g/mol. The number of carbonyl (C=O) groups excluding carboxylic acids is 2. The molecule has 6 nitrogen and oxygen atoms in total. The van der Waals surface area contributed by atoms with Gasteiger partial charge in [-0.3, -0.25) is 14.5 Å². The topological polar surface area (TPSA) is 70.7 Å². The van der Waals surface area contributed by atoms with Crippen molar-refractivity contribution in [3.8, 4) is 5.75 Å². The lowest BCUT2D eigenvalue weighted by Crippen LogP contribution is -2.52. The molecule has 30 heavy (non-hydrogen) atoms. The molecular formula is C24H35N3O3. The van der Waals surface area contributed by atoms with Crippen LogP contribution in [0, 0.1) is 5.92 Å². The number of ether oxygens (including phenoxy) is 1. The Kier molecular flexibility index (Phi) is 6.05. The second-order valence-corrected chi connectivity index (χ2v) is 10.1. The maximum absolute atomic E-state index is 12.8. The van der Waals surface area contributed by atoms with E-state index in [1.165, 1.54) is 0 Å². The highest BCUT2D eigenvalue weighted by Crippen LogP contribution is 2.38. The molecule has 1 aromatic carbocycles. The zero-order valence-electron chi connectivity index (χ0n) is 18.5. The number of hydrogen-bond acceptors (Lipinski definition) is 4. The van der Waals surface area contributed by atoms with Crippen LogP contribution in [0.3, 0.4) is 0 Å². The molecule has 3 aliphatic rings. The Labute approximate surface area is 179 Å². The Hall–Kier alpha value is -2.08. The van der Waals surface area contributed by atoms with Gasteiger partial charge in [0.05, 0.1) is 18.7 Å². The Morgan fingerprint density at radius 1 is 1.17 bits per heavy atom. The average Bonchev–Trinajstić information content (AvgIpc) is 2.92. The number of nitrogens with one attached hydrogen (secondary N) is 2. The molecule has 2 saturated heterocycles. The molecule has 4 rings (SSSR count). The number of aryl methyl sites for hydroxylation is 1. The van der Waals surface area contributed by atoms with Gasteiger partial charge < -0.3 is 15.4 Å². The number of amides is 2. The summed E-state index contributed by atoms with van der Waals surface area (Å²) < 4.78 is 5.79. The van der Waals surface area contributed by atoms with Crippen LogP contribution < -0.4 is 15.4 Å². The third-order valence-electron chi connectivity index (χ3n) is 6.55. The van der Waals surface area contributed by atoms with Crippen molar-refractivity contribution in [3.05, 3.63) is 29.3 Å². The van der Waals surface area contributed by atoms with Crippen LogP contribution in [0.25, 0.3) is 0 Å². The second kappa shape index (κ2) is 8.58. The minimum absolute atomic E-state index is 0.0342. The van der Waals surface area contributed by atoms with Gasteiger partial charge in [-0.05, 0) is 76.8 Å². The maximum atomic E-state index is 12.8. The molecule has 2 fully saturated rings. The lowest BCUT2D eigenvalue weighted by molar-refractivity contribution is -0.125. The largest absolute Gasteiger partial charge is 0.492 e. The van der Waals surface area contributed by atoms with E-state index in [0.29, 0.717) is 43.3 Å². The van der Waals surface area contributed by atoms with Gasteiger partial charge >= 0.3 is 0 Å². The number of nitrogens with zero attached hydrogens (tertiary/aromatic N) is 1. The van der Waals surface area contributed by atoms with E-state index in [0.717, 1.165) is 49.8 Å². The third kappa shape index (κ3) is 4.80. The normalized spacial score (nSPS) is 25.9. The molecule has 164 valence electrons. The van der Waals surface area contributed by atoms with Gasteiger partial charge in [-0.15, -0.1) is 0 Å². The fraction of sp³-hybridized carbons (Fsp3) is 0.667. The number of fused-ring (bicyclic) bond motifs is 3. The lowest BCUT2D eigenvalue weighted by Gasteiger charge is -2.39. The van der Waals surface area contributed by atoms with Gasteiger partial charge in [0.2, 0.25) is 5.91 Å². The summed E-state index contributed by atoms with van der Waals surface area (Å²) in [5.41, 5.74) is 1.60. The van der Waals surface area contributed by atoms with Crippen molar-refractivity contribution in [2.24, 2.45) is 5.92 Å². The molecule has 0 unspecified atom stereocenters. The van der Waals surface area contributed by atoms with Gasteiger partial charge in [0.25, 0.3) is 5.91 Å². The van der Waals surface area contributed by atoms with Crippen molar-refractivity contribution in [2.45, 2.75) is 76.9 Å². The number of para-hydroxylation sites is 1. The van der Waals surface area contributed by atoms with Crippen LogP contribution in [0.4, 0.5) is 0 Å². The highest BCUT2D eigenvalue weighted by atomic mass is 16.5. The number of carbonyl (C=O) groups is 2. The van der Waals surface area contributed by atoms with Crippen molar-refractivity contribution in [3.63, 3.8) is 0 Å². The van der Waals surface area contributed by atoms with Crippen LogP contribution in [0.2, 0.25) is 0 Å². The lowest BCUT2D eigenvalue weighted by atomic mass is 9.90. The smallest absolute Gasteiger partial charge is 0.255 e. The first-order valence-corrected chi connectivity index (χ1v) is 11.4. The third-order valence-corrected chi connectivity index (χ3v) is 6.55. The molecule has 3 heterocycles. The second-order valence-electron chi connectivity index (χ2n) is 10.1. The van der Waals surface area contributed by atoms with E-state index >= 15 is 0 Å². The number of piperidine rings is 1. The fourth-order valence-corrected chi connectivity index (χ4v) is 5.34. The molecule has 2 bridgehead atoms. The molecule has 6 heteroatoms. The minimum Gasteiger partial charge on any atom is -0.492 e. The summed E-state index contributed by atoms with van der Waals surface area (Å²) in [5, 5.41) is 6.24. The summed E-state index contributed by atoms with van der Waals surface area (Å²) in [6, 6.07) is 6.76. The van der Waals surface area contributed by atoms with E-state index in [9.17, 15) is 9.59 Å². The van der Waals surface area contributed by atoms with Crippen molar-refractivity contribution >= 4 is 11.8 Å². The number of hydrogen-bond donors (Lipinski definition) is 2. The predicted molar refractivity (Wildman–Crippen MR) is 117 cm³/mol. The van der Waals surface area contributed by atoms with Gasteiger partial charge in [-0.25, -0.2) is 0 Å². The van der Waals surface area contributed by atoms with Gasteiger partial charge in [-0.1, -0.05) is 12.1 Å². The predicted octanol–water partition coefficient (Wildman–Crippen LogP) is 2.90. The highest BCUT2D eigenvalue weighted by Gasteiger charge is 2.41. The molecule has 0 saturated carbocycles. The summed E-state index contributed by atoms with van der Waals surface area (Å²) in [6.07, 6.45) is 6.37. The van der Waals surface area contributed by atoms with Crippen LogP contribution in [-0.2, 0) is 11.2 Å². The fourth-order valence-electron chi connectivity index (χ4n) is 5.34. The Bertz CT molecular complexity index is 787. The highest BCUT2D eigenvalue weighted by molar-refractivity contribution is 5.97. The first-order chi connectivity index (χ1) is 14.3. The van der Waals surface area contributed by atoms with Crippen molar-refractivity contribution < 1.29 is 14.3 Å². The zero-order valence-corrected chi connectivity index (χ0v) is 18.5. The summed E-state index contributed by atoms with van der Waals surface area (Å²) >= 11 is 0. The summed E-state index contributed by atoms with van der Waals surface area (Å²) in [4.78, 5) is 27.6. The van der Waals surface area contributed by atoms with Gasteiger partial charge in [0.15, 0.2) is 0 Å². The monoisotopic (exact) mass is 413 g/mol. The van der Waals surface area contributed by atoms with Crippen LogP contribution >= 0.6 is 0 Å². The zero-order chi connectivity index (χ0) is 21.3. The molecule has 1 aromatic rings. The Morgan fingerprint density at radius 2 is 1.90 bits per heavy atom. The minimum atomic E-state index is -0.195. The SMILES string of the molecule is CC(C)(C)NC(=O)CN1[C@@H]2CC[C@H]1C[C@H](CNC(=O)c1cccc3c1OCCC3)C2. The van der Waals surface area contributed by atoms with Crippen LogP contribution in [-0.4, -0.2) is 54.0 Å². The molecule has 3 aliphatic heterocycles. The molecule has 2 N–H and O–H groups in total. The molecule has 0 spiro atoms. The quantitative estimate of drug-likeness (QED) is 0.779. The van der Waals surface area contributed by atoms with Crippen LogP contribution in [0.15, 0.2) is 18.2 Å². The molecule has 0 radical (unpaired) electrons. The first-order valence-electron chi connectivity index (χ1n) is 11.4. The first kappa shape index (κ1) is 21.2. The van der Waals surface area contributed by atoms with Gasteiger partial charge in [0, 0.05) is 24.2 Å². The van der Waals surface area contributed by atoms with Gasteiger partial charge in [-0.2, -0.15) is 0 Å². The van der Waals surface area contributed by atoms with E-state index in [-0.39, 0.29) is 17.4 Å². The van der Waals surface area contributed by atoms with Crippen LogP contribution in [0.1, 0.15) is 68.8 Å². The van der Waals surface area contributed by atoms with E-state index < -0.39 is 0 Å². The summed E-state index contributed by atoms with van der Waals surface area (Å²) in [5.74, 6) is 1.31. The average molecular weight is 414 g/mol.